The van der Waals surface area contributed by atoms with Crippen molar-refractivity contribution in [2.75, 3.05) is 5.75 Å². The molecule has 2 heterocycles. The van der Waals surface area contributed by atoms with E-state index in [1.165, 1.54) is 30.2 Å². The van der Waals surface area contributed by atoms with E-state index in [9.17, 15) is 4.39 Å². The molecule has 0 saturated carbocycles. The lowest BCUT2D eigenvalue weighted by Gasteiger charge is -2.03. The Morgan fingerprint density at radius 3 is 2.80 bits per heavy atom. The lowest BCUT2D eigenvalue weighted by molar-refractivity contribution is 0.627. The Balaban J connectivity index is 2.10. The number of hydrogen-bond acceptors (Lipinski definition) is 5. The highest BCUT2D eigenvalue weighted by Crippen LogP contribution is 2.25. The van der Waals surface area contributed by atoms with Crippen molar-refractivity contribution in [1.82, 2.24) is 19.7 Å². The van der Waals surface area contributed by atoms with Crippen LogP contribution in [-0.2, 0) is 0 Å². The van der Waals surface area contributed by atoms with Crippen molar-refractivity contribution >= 4 is 22.8 Å². The summed E-state index contributed by atoms with van der Waals surface area (Å²) in [6.45, 7) is 0. The van der Waals surface area contributed by atoms with Crippen LogP contribution in [0.2, 0.25) is 0 Å². The van der Waals surface area contributed by atoms with Crippen LogP contribution in [0.25, 0.3) is 16.7 Å². The van der Waals surface area contributed by atoms with E-state index in [1.54, 1.807) is 23.0 Å². The predicted octanol–water partition coefficient (Wildman–Crippen LogP) is 2.57. The zero-order valence-electron chi connectivity index (χ0n) is 10.2. The third kappa shape index (κ3) is 2.21. The van der Waals surface area contributed by atoms with Crippen LogP contribution in [0, 0.1) is 17.1 Å². The number of fused-ring (bicyclic) bond motifs is 1. The first-order valence-corrected chi connectivity index (χ1v) is 6.72. The monoisotopic (exact) mass is 285 g/mol. The van der Waals surface area contributed by atoms with Gasteiger partial charge in [0, 0.05) is 0 Å². The summed E-state index contributed by atoms with van der Waals surface area (Å²) < 4.78 is 14.6. The largest absolute Gasteiger partial charge is 0.229 e. The predicted molar refractivity (Wildman–Crippen MR) is 73.0 cm³/mol. The fourth-order valence-corrected chi connectivity index (χ4v) is 2.43. The Morgan fingerprint density at radius 2 is 2.05 bits per heavy atom. The van der Waals surface area contributed by atoms with Crippen LogP contribution in [-0.4, -0.2) is 25.5 Å². The van der Waals surface area contributed by atoms with Gasteiger partial charge in [0.1, 0.15) is 17.2 Å². The molecule has 0 N–H and O–H groups in total. The molecule has 2 aromatic heterocycles. The molecule has 0 spiro atoms. The fraction of sp³-hybridized carbons (Fsp3) is 0.0769. The number of nitriles is 1. The van der Waals surface area contributed by atoms with Crippen LogP contribution in [0.4, 0.5) is 4.39 Å². The second-order valence-electron chi connectivity index (χ2n) is 3.90. The molecule has 0 aliphatic heterocycles. The minimum atomic E-state index is -0.301. The van der Waals surface area contributed by atoms with E-state index in [4.69, 9.17) is 5.26 Å². The molecule has 1 aromatic carbocycles. The first-order chi connectivity index (χ1) is 9.79. The van der Waals surface area contributed by atoms with Gasteiger partial charge in [-0.3, -0.25) is 0 Å². The average Bonchev–Trinajstić information content (AvgIpc) is 2.90. The lowest BCUT2D eigenvalue weighted by atomic mass is 10.3. The van der Waals surface area contributed by atoms with Crippen LogP contribution in [0.5, 0.6) is 0 Å². The van der Waals surface area contributed by atoms with Gasteiger partial charge in [0.2, 0.25) is 0 Å². The Bertz CT molecular complexity index is 791. The quantitative estimate of drug-likeness (QED) is 0.546. The zero-order chi connectivity index (χ0) is 13.9. The molecule has 20 heavy (non-hydrogen) atoms. The summed E-state index contributed by atoms with van der Waals surface area (Å²) >= 11 is 1.34. The maximum absolute atomic E-state index is 13.0. The first kappa shape index (κ1) is 12.6. The molecule has 3 aromatic rings. The van der Waals surface area contributed by atoms with E-state index in [0.717, 1.165) is 11.1 Å². The number of hydrogen-bond donors (Lipinski definition) is 0. The van der Waals surface area contributed by atoms with Crippen molar-refractivity contribution in [3.8, 4) is 11.8 Å². The van der Waals surface area contributed by atoms with Crippen LogP contribution in [0.15, 0.2) is 41.8 Å². The van der Waals surface area contributed by atoms with Gasteiger partial charge in [0.15, 0.2) is 5.65 Å². The SMILES string of the molecule is N#CCSc1ncnc2c1cnn2-c1ccc(F)cc1. The summed E-state index contributed by atoms with van der Waals surface area (Å²) in [6, 6.07) is 8.06. The summed E-state index contributed by atoms with van der Waals surface area (Å²) in [5, 5.41) is 14.4. The van der Waals surface area contributed by atoms with E-state index in [2.05, 4.69) is 21.1 Å². The molecule has 0 radical (unpaired) electrons. The normalized spacial score (nSPS) is 10.6. The van der Waals surface area contributed by atoms with Crippen molar-refractivity contribution in [1.29, 1.82) is 5.26 Å². The number of thioether (sulfide) groups is 1. The number of aromatic nitrogens is 4. The van der Waals surface area contributed by atoms with Gasteiger partial charge in [-0.1, -0.05) is 11.8 Å². The van der Waals surface area contributed by atoms with Gasteiger partial charge in [-0.15, -0.1) is 0 Å². The second-order valence-corrected chi connectivity index (χ2v) is 4.86. The van der Waals surface area contributed by atoms with Gasteiger partial charge >= 0.3 is 0 Å². The Labute approximate surface area is 118 Å². The molecule has 0 bridgehead atoms. The van der Waals surface area contributed by atoms with Crippen molar-refractivity contribution in [3.05, 3.63) is 42.6 Å². The molecule has 0 aliphatic rings. The molecular formula is C13H8FN5S. The third-order valence-electron chi connectivity index (χ3n) is 2.67. The summed E-state index contributed by atoms with van der Waals surface area (Å²) in [5.41, 5.74) is 1.35. The molecule has 0 aliphatic carbocycles. The zero-order valence-corrected chi connectivity index (χ0v) is 11.0. The summed E-state index contributed by atoms with van der Waals surface area (Å²) in [5.74, 6) is 0.0125. The van der Waals surface area contributed by atoms with Crippen LogP contribution in [0.1, 0.15) is 0 Å². The van der Waals surface area contributed by atoms with Crippen LogP contribution in [0.3, 0.4) is 0 Å². The van der Waals surface area contributed by atoms with Crippen molar-refractivity contribution in [2.24, 2.45) is 0 Å². The highest BCUT2D eigenvalue weighted by molar-refractivity contribution is 7.99. The third-order valence-corrected chi connectivity index (χ3v) is 3.55. The highest BCUT2D eigenvalue weighted by atomic mass is 32.2. The van der Waals surface area contributed by atoms with Gasteiger partial charge < -0.3 is 0 Å². The first-order valence-electron chi connectivity index (χ1n) is 5.74. The molecular weight excluding hydrogens is 277 g/mol. The highest BCUT2D eigenvalue weighted by Gasteiger charge is 2.11. The topological polar surface area (TPSA) is 67.4 Å². The van der Waals surface area contributed by atoms with E-state index >= 15 is 0 Å². The fourth-order valence-electron chi connectivity index (χ4n) is 1.81. The van der Waals surface area contributed by atoms with Crippen molar-refractivity contribution < 1.29 is 4.39 Å². The molecule has 0 atom stereocenters. The standard InChI is InChI=1S/C13H8FN5S/c14-9-1-3-10(4-2-9)19-12-11(7-18-19)13(17-8-16-12)20-6-5-15/h1-4,7-8H,6H2. The molecule has 0 fully saturated rings. The minimum absolute atomic E-state index is 0.301. The lowest BCUT2D eigenvalue weighted by Crippen LogP contribution is -1.98. The number of halogens is 1. The minimum Gasteiger partial charge on any atom is -0.229 e. The molecule has 7 heteroatoms. The molecule has 98 valence electrons. The van der Waals surface area contributed by atoms with Crippen LogP contribution < -0.4 is 0 Å². The molecule has 5 nitrogen and oxygen atoms in total. The Morgan fingerprint density at radius 1 is 1.25 bits per heavy atom. The maximum Gasteiger partial charge on any atom is 0.167 e. The van der Waals surface area contributed by atoms with E-state index in [0.29, 0.717) is 16.4 Å². The number of rotatable bonds is 3. The molecule has 3 rings (SSSR count). The van der Waals surface area contributed by atoms with E-state index in [1.807, 2.05) is 0 Å². The molecule has 0 saturated heterocycles. The van der Waals surface area contributed by atoms with Gasteiger partial charge in [0.25, 0.3) is 0 Å². The van der Waals surface area contributed by atoms with Crippen molar-refractivity contribution in [3.63, 3.8) is 0 Å². The van der Waals surface area contributed by atoms with Crippen LogP contribution >= 0.6 is 11.8 Å². The van der Waals surface area contributed by atoms with Gasteiger partial charge in [-0.2, -0.15) is 10.4 Å². The van der Waals surface area contributed by atoms with Crippen molar-refractivity contribution in [2.45, 2.75) is 5.03 Å². The van der Waals surface area contributed by atoms with E-state index in [-0.39, 0.29) is 5.82 Å². The maximum atomic E-state index is 13.0. The van der Waals surface area contributed by atoms with Gasteiger partial charge in [0.05, 0.1) is 29.1 Å². The number of nitrogens with zero attached hydrogens (tertiary/aromatic N) is 5. The summed E-state index contributed by atoms with van der Waals surface area (Å²) in [7, 11) is 0. The van der Waals surface area contributed by atoms with Gasteiger partial charge in [-0.25, -0.2) is 19.0 Å². The Hall–Kier alpha value is -2.46. The molecule has 0 amide bonds. The van der Waals surface area contributed by atoms with E-state index < -0.39 is 0 Å². The van der Waals surface area contributed by atoms with Gasteiger partial charge in [-0.05, 0) is 24.3 Å². The molecule has 0 unspecified atom stereocenters. The summed E-state index contributed by atoms with van der Waals surface area (Å²) in [4.78, 5) is 8.36. The average molecular weight is 285 g/mol. The second kappa shape index (κ2) is 5.27. The number of benzene rings is 1. The smallest absolute Gasteiger partial charge is 0.167 e. The Kier molecular flexibility index (Phi) is 3.31. The summed E-state index contributed by atoms with van der Waals surface area (Å²) in [6.07, 6.45) is 3.09.